The second kappa shape index (κ2) is 11.8. The second-order valence-corrected chi connectivity index (χ2v) is 9.62. The van der Waals surface area contributed by atoms with Crippen LogP contribution in [0.2, 0.25) is 5.02 Å². The Labute approximate surface area is 208 Å². The first kappa shape index (κ1) is 24.6. The highest BCUT2D eigenvalue weighted by Crippen LogP contribution is 2.28. The van der Waals surface area contributed by atoms with Gasteiger partial charge in [0.1, 0.15) is 5.82 Å². The van der Waals surface area contributed by atoms with Crippen LogP contribution in [0.4, 0.5) is 5.82 Å². The fraction of sp³-hybridized carbons (Fsp3) is 0.429. The molecule has 1 saturated heterocycles. The molecule has 1 N–H and O–H groups in total. The zero-order valence-electron chi connectivity index (χ0n) is 20.3. The van der Waals surface area contributed by atoms with E-state index >= 15 is 0 Å². The van der Waals surface area contributed by atoms with Gasteiger partial charge in [-0.1, -0.05) is 73.8 Å². The van der Waals surface area contributed by atoms with Crippen molar-refractivity contribution in [3.05, 3.63) is 76.4 Å². The summed E-state index contributed by atoms with van der Waals surface area (Å²) in [7, 11) is 0. The maximum atomic E-state index is 10.4. The molecule has 3 aromatic rings. The highest BCUT2D eigenvalue weighted by molar-refractivity contribution is 6.30. The van der Waals surface area contributed by atoms with Crippen molar-refractivity contribution in [3.8, 4) is 11.4 Å². The van der Waals surface area contributed by atoms with E-state index in [0.29, 0.717) is 0 Å². The van der Waals surface area contributed by atoms with Gasteiger partial charge in [-0.2, -0.15) is 0 Å². The van der Waals surface area contributed by atoms with Gasteiger partial charge in [0.25, 0.3) is 0 Å². The number of rotatable bonds is 9. The minimum absolute atomic E-state index is 0.238. The lowest BCUT2D eigenvalue weighted by atomic mass is 10.0. The summed E-state index contributed by atoms with van der Waals surface area (Å²) >= 11 is 6.11. The molecule has 1 aliphatic heterocycles. The summed E-state index contributed by atoms with van der Waals surface area (Å²) < 4.78 is 0. The molecule has 0 unspecified atom stereocenters. The quantitative estimate of drug-likeness (QED) is 0.448. The van der Waals surface area contributed by atoms with Crippen molar-refractivity contribution in [1.29, 1.82) is 0 Å². The maximum Gasteiger partial charge on any atom is 0.161 e. The third-order valence-corrected chi connectivity index (χ3v) is 6.80. The summed E-state index contributed by atoms with van der Waals surface area (Å²) in [6.45, 7) is 8.63. The van der Waals surface area contributed by atoms with Gasteiger partial charge in [-0.15, -0.1) is 0 Å². The summed E-state index contributed by atoms with van der Waals surface area (Å²) in [6, 6.07) is 18.2. The molecule has 0 radical (unpaired) electrons. The first-order valence-corrected chi connectivity index (χ1v) is 12.7. The number of benzene rings is 2. The summed E-state index contributed by atoms with van der Waals surface area (Å²) in [6.07, 6.45) is 3.62. The Balaban J connectivity index is 1.57. The first-order chi connectivity index (χ1) is 16.5. The molecule has 0 aliphatic carbocycles. The van der Waals surface area contributed by atoms with Gasteiger partial charge in [0.2, 0.25) is 0 Å². The van der Waals surface area contributed by atoms with Crippen molar-refractivity contribution in [3.63, 3.8) is 0 Å². The molecule has 5 nitrogen and oxygen atoms in total. The van der Waals surface area contributed by atoms with Crippen LogP contribution in [0.1, 0.15) is 43.0 Å². The lowest BCUT2D eigenvalue weighted by molar-refractivity contribution is 0.100. The van der Waals surface area contributed by atoms with E-state index in [9.17, 15) is 5.11 Å². The smallest absolute Gasteiger partial charge is 0.161 e. The minimum atomic E-state index is -0.238. The lowest BCUT2D eigenvalue weighted by Crippen LogP contribution is -2.49. The molecule has 180 valence electrons. The molecule has 0 bridgehead atoms. The molecule has 6 heteroatoms. The molecule has 0 spiro atoms. The Morgan fingerprint density at radius 3 is 2.35 bits per heavy atom. The average Bonchev–Trinajstić information content (AvgIpc) is 2.86. The summed E-state index contributed by atoms with van der Waals surface area (Å²) in [5.41, 5.74) is 4.40. The van der Waals surface area contributed by atoms with E-state index in [1.807, 2.05) is 30.3 Å². The maximum absolute atomic E-state index is 10.4. The fourth-order valence-electron chi connectivity index (χ4n) is 4.54. The molecule has 0 saturated carbocycles. The number of β-amino-alcohol motifs (C(OH)–C–C–N with tert-alkyl or cyclic N) is 1. The Kier molecular flexibility index (Phi) is 8.54. The molecule has 0 amide bonds. The molecular formula is C28H35ClN4O. The van der Waals surface area contributed by atoms with Crippen LogP contribution >= 0.6 is 11.6 Å². The number of unbranched alkanes of at least 4 members (excludes halogenated alkanes) is 1. The topological polar surface area (TPSA) is 52.5 Å². The van der Waals surface area contributed by atoms with Crippen LogP contribution < -0.4 is 4.90 Å². The Morgan fingerprint density at radius 1 is 0.971 bits per heavy atom. The van der Waals surface area contributed by atoms with E-state index in [0.717, 1.165) is 86.3 Å². The van der Waals surface area contributed by atoms with E-state index in [1.165, 1.54) is 11.1 Å². The number of halogens is 1. The summed E-state index contributed by atoms with van der Waals surface area (Å²) in [5.74, 6) is 1.79. The third kappa shape index (κ3) is 6.35. The minimum Gasteiger partial charge on any atom is -0.392 e. The van der Waals surface area contributed by atoms with Crippen LogP contribution in [0.15, 0.2) is 54.6 Å². The standard InChI is InChI=1S/C28H35ClN4O/c1-3-4-10-25(34)20-32-15-17-33(18-16-32)28-26(19-22-11-13-24(29)14-12-22)21(2)30-27(31-28)23-8-6-5-7-9-23/h5-9,11-14,25,34H,3-4,10,15-20H2,1-2H3/t25-/m0/s1. The van der Waals surface area contributed by atoms with Gasteiger partial charge in [0.05, 0.1) is 6.10 Å². The third-order valence-electron chi connectivity index (χ3n) is 6.55. The highest BCUT2D eigenvalue weighted by Gasteiger charge is 2.24. The normalized spacial score (nSPS) is 15.5. The van der Waals surface area contributed by atoms with Crippen LogP contribution in [-0.4, -0.2) is 58.8 Å². The summed E-state index contributed by atoms with van der Waals surface area (Å²) in [5, 5.41) is 11.1. The molecule has 34 heavy (non-hydrogen) atoms. The molecule has 1 fully saturated rings. The van der Waals surface area contributed by atoms with E-state index in [-0.39, 0.29) is 6.10 Å². The van der Waals surface area contributed by atoms with Crippen LogP contribution in [0, 0.1) is 6.92 Å². The molecule has 1 atom stereocenters. The van der Waals surface area contributed by atoms with Gasteiger partial charge < -0.3 is 10.0 Å². The van der Waals surface area contributed by atoms with E-state index in [1.54, 1.807) is 0 Å². The van der Waals surface area contributed by atoms with E-state index in [4.69, 9.17) is 21.6 Å². The number of nitrogens with zero attached hydrogens (tertiary/aromatic N) is 4. The Bertz CT molecular complexity index is 1050. The zero-order chi connectivity index (χ0) is 23.9. The average molecular weight is 479 g/mol. The first-order valence-electron chi connectivity index (χ1n) is 12.4. The fourth-order valence-corrected chi connectivity index (χ4v) is 4.67. The Morgan fingerprint density at radius 2 is 1.68 bits per heavy atom. The van der Waals surface area contributed by atoms with Crippen molar-refractivity contribution in [2.75, 3.05) is 37.6 Å². The van der Waals surface area contributed by atoms with Gasteiger partial charge in [-0.05, 0) is 31.0 Å². The van der Waals surface area contributed by atoms with E-state index < -0.39 is 0 Å². The second-order valence-electron chi connectivity index (χ2n) is 9.19. The number of anilines is 1. The van der Waals surface area contributed by atoms with Crippen molar-refractivity contribution >= 4 is 17.4 Å². The van der Waals surface area contributed by atoms with Crippen LogP contribution in [-0.2, 0) is 6.42 Å². The molecule has 1 aliphatic rings. The number of aryl methyl sites for hydroxylation is 1. The van der Waals surface area contributed by atoms with Crippen LogP contribution in [0.3, 0.4) is 0 Å². The van der Waals surface area contributed by atoms with Crippen molar-refractivity contribution in [2.24, 2.45) is 0 Å². The van der Waals surface area contributed by atoms with E-state index in [2.05, 4.69) is 47.9 Å². The molecule has 2 aromatic carbocycles. The zero-order valence-corrected chi connectivity index (χ0v) is 21.0. The number of hydrogen-bond donors (Lipinski definition) is 1. The molecule has 1 aromatic heterocycles. The molecule has 4 rings (SSSR count). The van der Waals surface area contributed by atoms with Gasteiger partial charge in [0.15, 0.2) is 5.82 Å². The molecular weight excluding hydrogens is 444 g/mol. The SMILES string of the molecule is CCCC[C@H](O)CN1CCN(c2nc(-c3ccccc3)nc(C)c2Cc2ccc(Cl)cc2)CC1. The van der Waals surface area contributed by atoms with Crippen molar-refractivity contribution in [1.82, 2.24) is 14.9 Å². The van der Waals surface area contributed by atoms with Crippen LogP contribution in [0.5, 0.6) is 0 Å². The number of aliphatic hydroxyl groups excluding tert-OH is 1. The van der Waals surface area contributed by atoms with Crippen molar-refractivity contribution in [2.45, 2.75) is 45.6 Å². The number of hydrogen-bond acceptors (Lipinski definition) is 5. The van der Waals surface area contributed by atoms with Gasteiger partial charge in [0, 0.05) is 61.0 Å². The number of aromatic nitrogens is 2. The van der Waals surface area contributed by atoms with Crippen LogP contribution in [0.25, 0.3) is 11.4 Å². The Hall–Kier alpha value is -2.47. The highest BCUT2D eigenvalue weighted by atomic mass is 35.5. The monoisotopic (exact) mass is 478 g/mol. The van der Waals surface area contributed by atoms with Gasteiger partial charge in [-0.25, -0.2) is 9.97 Å². The largest absolute Gasteiger partial charge is 0.392 e. The number of aliphatic hydroxyl groups is 1. The number of piperazine rings is 1. The molecule has 2 heterocycles. The van der Waals surface area contributed by atoms with Crippen molar-refractivity contribution < 1.29 is 5.11 Å². The lowest BCUT2D eigenvalue weighted by Gasteiger charge is -2.37. The van der Waals surface area contributed by atoms with Gasteiger partial charge in [-0.3, -0.25) is 4.90 Å². The van der Waals surface area contributed by atoms with Gasteiger partial charge >= 0.3 is 0 Å². The predicted molar refractivity (Wildman–Crippen MR) is 141 cm³/mol. The summed E-state index contributed by atoms with van der Waals surface area (Å²) in [4.78, 5) is 14.7. The predicted octanol–water partition coefficient (Wildman–Crippen LogP) is 5.37.